The molecule has 4 rings (SSSR count). The minimum Gasteiger partial charge on any atom is -0.456 e. The van der Waals surface area contributed by atoms with Crippen molar-refractivity contribution in [3.63, 3.8) is 0 Å². The molecule has 1 fully saturated rings. The number of hydrogen-bond acceptors (Lipinski definition) is 4. The van der Waals surface area contributed by atoms with Crippen molar-refractivity contribution in [3.8, 4) is 0 Å². The quantitative estimate of drug-likeness (QED) is 0.719. The Bertz CT molecular complexity index is 989. The summed E-state index contributed by atoms with van der Waals surface area (Å²) >= 11 is 0. The Labute approximate surface area is 156 Å². The molecule has 7 nitrogen and oxygen atoms in total. The molecule has 1 saturated heterocycles. The van der Waals surface area contributed by atoms with Crippen molar-refractivity contribution < 1.29 is 18.7 Å². The van der Waals surface area contributed by atoms with Gasteiger partial charge in [0.1, 0.15) is 11.2 Å². The summed E-state index contributed by atoms with van der Waals surface area (Å²) < 4.78 is 10.6. The van der Waals surface area contributed by atoms with Crippen LogP contribution in [0.4, 0.5) is 15.3 Å². The van der Waals surface area contributed by atoms with E-state index >= 15 is 0 Å². The maximum Gasteiger partial charge on any atom is 0.409 e. The number of ether oxygens (including phenoxy) is 1. The lowest BCUT2D eigenvalue weighted by atomic mass is 10.1. The van der Waals surface area contributed by atoms with Crippen LogP contribution < -0.4 is 10.6 Å². The number of para-hydroxylation sites is 1. The van der Waals surface area contributed by atoms with Gasteiger partial charge in [-0.15, -0.1) is 0 Å². The number of rotatable bonds is 2. The van der Waals surface area contributed by atoms with Crippen molar-refractivity contribution in [2.24, 2.45) is 0 Å². The van der Waals surface area contributed by atoms with E-state index in [2.05, 4.69) is 10.6 Å². The fourth-order valence-electron chi connectivity index (χ4n) is 3.49. The molecule has 3 amide bonds. The molecule has 0 aliphatic carbocycles. The highest BCUT2D eigenvalue weighted by Crippen LogP contribution is 2.30. The molecule has 0 bridgehead atoms. The Morgan fingerprint density at radius 3 is 2.59 bits per heavy atom. The molecule has 0 atom stereocenters. The number of methoxy groups -OCH3 is 1. The van der Waals surface area contributed by atoms with E-state index < -0.39 is 0 Å². The van der Waals surface area contributed by atoms with Crippen LogP contribution in [0.15, 0.2) is 46.9 Å². The average molecular weight is 367 g/mol. The molecule has 2 aromatic carbocycles. The topological polar surface area (TPSA) is 83.8 Å². The van der Waals surface area contributed by atoms with Crippen molar-refractivity contribution in [2.45, 2.75) is 18.9 Å². The van der Waals surface area contributed by atoms with E-state index in [1.807, 2.05) is 42.5 Å². The number of nitrogens with one attached hydrogen (secondary N) is 2. The molecule has 27 heavy (non-hydrogen) atoms. The van der Waals surface area contributed by atoms with E-state index in [9.17, 15) is 9.59 Å². The molecule has 0 radical (unpaired) electrons. The predicted molar refractivity (Wildman–Crippen MR) is 103 cm³/mol. The summed E-state index contributed by atoms with van der Waals surface area (Å²) in [6, 6.07) is 13.3. The van der Waals surface area contributed by atoms with E-state index in [1.54, 1.807) is 4.90 Å². The maximum absolute atomic E-state index is 12.3. The van der Waals surface area contributed by atoms with Crippen LogP contribution in [0.25, 0.3) is 21.9 Å². The van der Waals surface area contributed by atoms with Crippen molar-refractivity contribution >= 4 is 39.8 Å². The maximum atomic E-state index is 12.3. The molecule has 2 heterocycles. The fraction of sp³-hybridized carbons (Fsp3) is 0.300. The number of anilines is 1. The van der Waals surface area contributed by atoms with Crippen LogP contribution in [-0.2, 0) is 4.74 Å². The van der Waals surface area contributed by atoms with E-state index in [1.165, 1.54) is 7.11 Å². The van der Waals surface area contributed by atoms with Crippen molar-refractivity contribution in [2.75, 3.05) is 25.5 Å². The van der Waals surface area contributed by atoms with Gasteiger partial charge in [-0.05, 0) is 31.0 Å². The molecule has 2 N–H and O–H groups in total. The van der Waals surface area contributed by atoms with E-state index in [0.29, 0.717) is 31.6 Å². The zero-order valence-electron chi connectivity index (χ0n) is 15.0. The normalized spacial score (nSPS) is 15.1. The Hall–Kier alpha value is -3.22. The number of amides is 3. The highest BCUT2D eigenvalue weighted by molar-refractivity contribution is 6.06. The summed E-state index contributed by atoms with van der Waals surface area (Å²) in [6.07, 6.45) is 1.08. The number of furan rings is 1. The monoisotopic (exact) mass is 367 g/mol. The first kappa shape index (κ1) is 17.2. The van der Waals surface area contributed by atoms with Gasteiger partial charge >= 0.3 is 12.1 Å². The fourth-order valence-corrected chi connectivity index (χ4v) is 3.49. The molecular weight excluding hydrogens is 346 g/mol. The largest absolute Gasteiger partial charge is 0.456 e. The molecule has 0 spiro atoms. The van der Waals surface area contributed by atoms with Gasteiger partial charge in [-0.3, -0.25) is 0 Å². The number of carbonyl (C=O) groups is 2. The molecule has 140 valence electrons. The minimum absolute atomic E-state index is 0.0286. The molecule has 1 aliphatic rings. The molecule has 0 unspecified atom stereocenters. The van der Waals surface area contributed by atoms with E-state index in [4.69, 9.17) is 9.15 Å². The zero-order valence-corrected chi connectivity index (χ0v) is 15.0. The zero-order chi connectivity index (χ0) is 18.8. The standard InChI is InChI=1S/C20H21N3O4/c1-26-20(25)23-10-8-13(9-11-23)21-19(24)22-14-6-7-16-15-4-2-3-5-17(15)27-18(16)12-14/h2-7,12-13H,8-11H2,1H3,(H2,21,22,24). The summed E-state index contributed by atoms with van der Waals surface area (Å²) in [4.78, 5) is 25.5. The summed E-state index contributed by atoms with van der Waals surface area (Å²) in [6.45, 7) is 1.14. The lowest BCUT2D eigenvalue weighted by molar-refractivity contribution is 0.110. The van der Waals surface area contributed by atoms with Crippen LogP contribution in [0.3, 0.4) is 0 Å². The highest BCUT2D eigenvalue weighted by atomic mass is 16.5. The average Bonchev–Trinajstić information content (AvgIpc) is 3.05. The first-order chi connectivity index (χ1) is 13.1. The number of piperidine rings is 1. The second-order valence-corrected chi connectivity index (χ2v) is 6.64. The van der Waals surface area contributed by atoms with Crippen molar-refractivity contribution in [1.29, 1.82) is 0 Å². The number of carbonyl (C=O) groups excluding carboxylic acids is 2. The van der Waals surface area contributed by atoms with Gasteiger partial charge in [0.25, 0.3) is 0 Å². The second kappa shape index (κ2) is 7.19. The van der Waals surface area contributed by atoms with Gasteiger partial charge in [-0.1, -0.05) is 18.2 Å². The van der Waals surface area contributed by atoms with Gasteiger partial charge in [0.05, 0.1) is 7.11 Å². The molecule has 0 saturated carbocycles. The number of nitrogens with zero attached hydrogens (tertiary/aromatic N) is 1. The Balaban J connectivity index is 1.38. The second-order valence-electron chi connectivity index (χ2n) is 6.64. The van der Waals surface area contributed by atoms with E-state index in [-0.39, 0.29) is 18.2 Å². The summed E-state index contributed by atoms with van der Waals surface area (Å²) in [5.74, 6) is 0. The lowest BCUT2D eigenvalue weighted by Crippen LogP contribution is -2.47. The van der Waals surface area contributed by atoms with Gasteiger partial charge < -0.3 is 24.7 Å². The number of urea groups is 1. The van der Waals surface area contributed by atoms with E-state index in [0.717, 1.165) is 21.9 Å². The predicted octanol–water partition coefficient (Wildman–Crippen LogP) is 3.94. The van der Waals surface area contributed by atoms with Crippen LogP contribution in [0.1, 0.15) is 12.8 Å². The molecule has 1 aliphatic heterocycles. The van der Waals surface area contributed by atoms with Gasteiger partial charge in [0, 0.05) is 41.7 Å². The molecular formula is C20H21N3O4. The molecule has 7 heteroatoms. The van der Waals surface area contributed by atoms with Crippen molar-refractivity contribution in [1.82, 2.24) is 10.2 Å². The lowest BCUT2D eigenvalue weighted by Gasteiger charge is -2.31. The Morgan fingerprint density at radius 1 is 1.07 bits per heavy atom. The first-order valence-corrected chi connectivity index (χ1v) is 8.96. The summed E-state index contributed by atoms with van der Waals surface area (Å²) in [5.41, 5.74) is 2.23. The van der Waals surface area contributed by atoms with Gasteiger partial charge in [-0.25, -0.2) is 9.59 Å². The smallest absolute Gasteiger partial charge is 0.409 e. The number of benzene rings is 2. The van der Waals surface area contributed by atoms with Gasteiger partial charge in [0.15, 0.2) is 0 Å². The van der Waals surface area contributed by atoms with Crippen LogP contribution in [0.2, 0.25) is 0 Å². The minimum atomic E-state index is -0.322. The Kier molecular flexibility index (Phi) is 4.58. The van der Waals surface area contributed by atoms with Gasteiger partial charge in [0.2, 0.25) is 0 Å². The van der Waals surface area contributed by atoms with Gasteiger partial charge in [-0.2, -0.15) is 0 Å². The number of hydrogen-bond donors (Lipinski definition) is 2. The molecule has 1 aromatic heterocycles. The molecule has 3 aromatic rings. The first-order valence-electron chi connectivity index (χ1n) is 8.96. The Morgan fingerprint density at radius 2 is 1.81 bits per heavy atom. The summed E-state index contributed by atoms with van der Waals surface area (Å²) in [7, 11) is 1.37. The van der Waals surface area contributed by atoms with Crippen LogP contribution in [-0.4, -0.2) is 43.3 Å². The SMILES string of the molecule is COC(=O)N1CCC(NC(=O)Nc2ccc3c(c2)oc2ccccc23)CC1. The number of likely N-dealkylation sites (tertiary alicyclic amines) is 1. The highest BCUT2D eigenvalue weighted by Gasteiger charge is 2.24. The van der Waals surface area contributed by atoms with Crippen LogP contribution in [0, 0.1) is 0 Å². The van der Waals surface area contributed by atoms with Crippen LogP contribution in [0.5, 0.6) is 0 Å². The third kappa shape index (κ3) is 3.53. The van der Waals surface area contributed by atoms with Crippen molar-refractivity contribution in [3.05, 3.63) is 42.5 Å². The summed E-state index contributed by atoms with van der Waals surface area (Å²) in [5, 5.41) is 7.89. The van der Waals surface area contributed by atoms with Crippen LogP contribution >= 0.6 is 0 Å². The number of fused-ring (bicyclic) bond motifs is 3. The third-order valence-electron chi connectivity index (χ3n) is 4.90. The third-order valence-corrected chi connectivity index (χ3v) is 4.90.